The Hall–Kier alpha value is -2.71. The molecule has 3 nitrogen and oxygen atoms in total. The van der Waals surface area contributed by atoms with Gasteiger partial charge in [-0.2, -0.15) is 26.3 Å². The third kappa shape index (κ3) is 3.93. The Morgan fingerprint density at radius 1 is 0.964 bits per heavy atom. The molecule has 0 fully saturated rings. The molecule has 0 saturated carbocycles. The van der Waals surface area contributed by atoms with Gasteiger partial charge in [0.05, 0.1) is 18.2 Å². The summed E-state index contributed by atoms with van der Waals surface area (Å²) < 4.78 is 83.5. The van der Waals surface area contributed by atoms with Crippen molar-refractivity contribution in [1.29, 1.82) is 0 Å². The third-order valence-electron chi connectivity index (χ3n) is 4.49. The molecule has 0 spiro atoms. The maximum atomic E-state index is 13.1. The maximum Gasteiger partial charge on any atom is 0.416 e. The van der Waals surface area contributed by atoms with Crippen LogP contribution in [0.15, 0.2) is 36.4 Å². The average molecular weight is 403 g/mol. The van der Waals surface area contributed by atoms with Crippen molar-refractivity contribution in [3.63, 3.8) is 0 Å². The van der Waals surface area contributed by atoms with E-state index in [0.29, 0.717) is 36.4 Å². The zero-order valence-corrected chi connectivity index (χ0v) is 14.6. The summed E-state index contributed by atoms with van der Waals surface area (Å²) in [6.45, 7) is 0.190. The van der Waals surface area contributed by atoms with E-state index >= 15 is 0 Å². The summed E-state index contributed by atoms with van der Waals surface area (Å²) in [5.74, 6) is -0.366. The van der Waals surface area contributed by atoms with E-state index in [4.69, 9.17) is 4.74 Å². The summed E-state index contributed by atoms with van der Waals surface area (Å²) in [6.07, 6.45) is -8.88. The number of carbonyl (C=O) groups is 1. The van der Waals surface area contributed by atoms with Crippen LogP contribution in [0.3, 0.4) is 0 Å². The van der Waals surface area contributed by atoms with Crippen LogP contribution in [0.25, 0.3) is 0 Å². The molecular weight excluding hydrogens is 388 g/mol. The number of fused-ring (bicyclic) bond motifs is 1. The van der Waals surface area contributed by atoms with E-state index in [1.165, 1.54) is 12.0 Å². The minimum absolute atomic E-state index is 0.00575. The molecule has 3 rings (SSSR count). The second-order valence-corrected chi connectivity index (χ2v) is 6.35. The second kappa shape index (κ2) is 7.03. The number of aryl methyl sites for hydroxylation is 1. The Kier molecular flexibility index (Phi) is 5.03. The summed E-state index contributed by atoms with van der Waals surface area (Å²) in [6, 6.07) is 5.76. The molecule has 1 aliphatic rings. The van der Waals surface area contributed by atoms with Crippen molar-refractivity contribution in [3.05, 3.63) is 58.7 Å². The molecule has 1 aliphatic heterocycles. The smallest absolute Gasteiger partial charge is 0.416 e. The zero-order chi connectivity index (χ0) is 20.7. The molecule has 0 atom stereocenters. The molecule has 2 aromatic rings. The van der Waals surface area contributed by atoms with Crippen LogP contribution in [0, 0.1) is 0 Å². The number of alkyl halides is 6. The highest BCUT2D eigenvalue weighted by atomic mass is 19.4. The lowest BCUT2D eigenvalue weighted by atomic mass is 9.99. The van der Waals surface area contributed by atoms with Gasteiger partial charge in [-0.1, -0.05) is 0 Å². The molecular formula is C19H15F6NO2. The molecule has 0 unspecified atom stereocenters. The van der Waals surface area contributed by atoms with Gasteiger partial charge in [0.25, 0.3) is 5.91 Å². The Labute approximate surface area is 156 Å². The zero-order valence-electron chi connectivity index (χ0n) is 14.6. The molecule has 0 aliphatic carbocycles. The second-order valence-electron chi connectivity index (χ2n) is 6.35. The number of rotatable bonds is 2. The monoisotopic (exact) mass is 403 g/mol. The van der Waals surface area contributed by atoms with Crippen LogP contribution in [0.4, 0.5) is 32.0 Å². The van der Waals surface area contributed by atoms with Gasteiger partial charge in [0.1, 0.15) is 5.75 Å². The number of carbonyl (C=O) groups excluding carboxylic acids is 1. The molecule has 150 valence electrons. The Bertz CT molecular complexity index is 872. The van der Waals surface area contributed by atoms with Crippen molar-refractivity contribution in [1.82, 2.24) is 0 Å². The molecule has 0 bridgehead atoms. The number of nitrogens with zero attached hydrogens (tertiary/aromatic N) is 1. The Morgan fingerprint density at radius 3 is 2.11 bits per heavy atom. The normalized spacial score (nSPS) is 14.6. The van der Waals surface area contributed by atoms with Crippen molar-refractivity contribution in [2.45, 2.75) is 25.2 Å². The first kappa shape index (κ1) is 20.0. The number of hydrogen-bond donors (Lipinski definition) is 0. The lowest BCUT2D eigenvalue weighted by molar-refractivity contribution is -0.143. The van der Waals surface area contributed by atoms with Crippen LogP contribution in [0.1, 0.15) is 33.5 Å². The van der Waals surface area contributed by atoms with Gasteiger partial charge in [-0.05, 0) is 54.8 Å². The number of anilines is 1. The van der Waals surface area contributed by atoms with Crippen LogP contribution >= 0.6 is 0 Å². The van der Waals surface area contributed by atoms with E-state index in [2.05, 4.69) is 0 Å². The maximum absolute atomic E-state index is 13.1. The fourth-order valence-corrected chi connectivity index (χ4v) is 3.15. The first-order chi connectivity index (χ1) is 13.0. The van der Waals surface area contributed by atoms with Crippen LogP contribution in [0.5, 0.6) is 5.75 Å². The predicted octanol–water partition coefficient (Wildman–Crippen LogP) is 5.33. The number of benzene rings is 2. The van der Waals surface area contributed by atoms with Crippen molar-refractivity contribution < 1.29 is 35.9 Å². The molecule has 0 aromatic heterocycles. The molecule has 2 aromatic carbocycles. The largest absolute Gasteiger partial charge is 0.497 e. The molecule has 28 heavy (non-hydrogen) atoms. The fourth-order valence-electron chi connectivity index (χ4n) is 3.15. The number of halogens is 6. The molecule has 1 amide bonds. The van der Waals surface area contributed by atoms with Gasteiger partial charge in [0.2, 0.25) is 0 Å². The highest BCUT2D eigenvalue weighted by molar-refractivity contribution is 6.07. The standard InChI is InChI=1S/C19H15F6NO2/c1-28-15-4-5-16-11(9-15)3-2-6-26(16)17(27)12-7-13(18(20,21)22)10-14(8-12)19(23,24)25/h4-5,7-10H,2-3,6H2,1H3. The van der Waals surface area contributed by atoms with Crippen molar-refractivity contribution in [3.8, 4) is 5.75 Å². The summed E-state index contributed by atoms with van der Waals surface area (Å²) in [5.41, 5.74) is -2.51. The number of ether oxygens (including phenoxy) is 1. The van der Waals surface area contributed by atoms with Gasteiger partial charge in [0.15, 0.2) is 0 Å². The summed E-state index contributed by atoms with van der Waals surface area (Å²) >= 11 is 0. The van der Waals surface area contributed by atoms with Gasteiger partial charge in [-0.25, -0.2) is 0 Å². The van der Waals surface area contributed by atoms with Crippen molar-refractivity contribution >= 4 is 11.6 Å². The molecule has 1 heterocycles. The topological polar surface area (TPSA) is 29.5 Å². The quantitative estimate of drug-likeness (QED) is 0.635. The van der Waals surface area contributed by atoms with Gasteiger partial charge in [-0.15, -0.1) is 0 Å². The van der Waals surface area contributed by atoms with Crippen molar-refractivity contribution in [2.75, 3.05) is 18.6 Å². The minimum atomic E-state index is -5.01. The van der Waals surface area contributed by atoms with Gasteiger partial charge < -0.3 is 9.64 Å². The van der Waals surface area contributed by atoms with Crippen molar-refractivity contribution in [2.24, 2.45) is 0 Å². The van der Waals surface area contributed by atoms with Crippen LogP contribution in [-0.4, -0.2) is 19.6 Å². The Balaban J connectivity index is 2.06. The highest BCUT2D eigenvalue weighted by Crippen LogP contribution is 2.37. The number of hydrogen-bond acceptors (Lipinski definition) is 2. The predicted molar refractivity (Wildman–Crippen MR) is 89.4 cm³/mol. The highest BCUT2D eigenvalue weighted by Gasteiger charge is 2.38. The molecule has 0 radical (unpaired) electrons. The molecule has 9 heteroatoms. The minimum Gasteiger partial charge on any atom is -0.497 e. The van der Waals surface area contributed by atoms with Gasteiger partial charge in [0, 0.05) is 17.8 Å². The number of methoxy groups -OCH3 is 1. The van der Waals surface area contributed by atoms with E-state index in [1.807, 2.05) is 0 Å². The van der Waals surface area contributed by atoms with Crippen LogP contribution < -0.4 is 9.64 Å². The third-order valence-corrected chi connectivity index (χ3v) is 4.49. The fraction of sp³-hybridized carbons (Fsp3) is 0.316. The van der Waals surface area contributed by atoms with E-state index in [1.54, 1.807) is 18.2 Å². The molecule has 0 N–H and O–H groups in total. The van der Waals surface area contributed by atoms with E-state index in [-0.39, 0.29) is 12.6 Å². The summed E-state index contributed by atoms with van der Waals surface area (Å²) in [5, 5.41) is 0. The van der Waals surface area contributed by atoms with Crippen LogP contribution in [-0.2, 0) is 18.8 Å². The lowest BCUT2D eigenvalue weighted by Crippen LogP contribution is -2.35. The summed E-state index contributed by atoms with van der Waals surface area (Å²) in [4.78, 5) is 14.0. The van der Waals surface area contributed by atoms with E-state index in [0.717, 1.165) is 5.56 Å². The molecule has 0 saturated heterocycles. The summed E-state index contributed by atoms with van der Waals surface area (Å²) in [7, 11) is 1.47. The Morgan fingerprint density at radius 2 is 1.57 bits per heavy atom. The SMILES string of the molecule is COc1ccc2c(c1)CCCN2C(=O)c1cc(C(F)(F)F)cc(C(F)(F)F)c1. The first-order valence-corrected chi connectivity index (χ1v) is 8.29. The first-order valence-electron chi connectivity index (χ1n) is 8.29. The van der Waals surface area contributed by atoms with E-state index in [9.17, 15) is 31.1 Å². The average Bonchev–Trinajstić information content (AvgIpc) is 2.64. The van der Waals surface area contributed by atoms with Crippen LogP contribution in [0.2, 0.25) is 0 Å². The number of amides is 1. The van der Waals surface area contributed by atoms with Gasteiger partial charge >= 0.3 is 12.4 Å². The van der Waals surface area contributed by atoms with Gasteiger partial charge in [-0.3, -0.25) is 4.79 Å². The lowest BCUT2D eigenvalue weighted by Gasteiger charge is -2.30. The van der Waals surface area contributed by atoms with E-state index < -0.39 is 35.0 Å².